The fourth-order valence-corrected chi connectivity index (χ4v) is 3.63. The molecule has 6 nitrogen and oxygen atoms in total. The van der Waals surface area contributed by atoms with Gasteiger partial charge in [-0.1, -0.05) is 41.4 Å². The highest BCUT2D eigenvalue weighted by Crippen LogP contribution is 2.25. The molecule has 8 heteroatoms. The van der Waals surface area contributed by atoms with Crippen LogP contribution >= 0.6 is 11.6 Å². The molecule has 0 aliphatic heterocycles. The van der Waals surface area contributed by atoms with E-state index in [2.05, 4.69) is 15.0 Å². The molecule has 27 heavy (non-hydrogen) atoms. The summed E-state index contributed by atoms with van der Waals surface area (Å²) in [5.41, 5.74) is 1.69. The molecule has 3 aromatic rings. The fraction of sp³-hybridized carbons (Fsp3) is 0.0526. The average Bonchev–Trinajstić information content (AvgIpc) is 2.64. The first-order valence-corrected chi connectivity index (χ1v) is 9.83. The molecule has 0 aliphatic carbocycles. The smallest absolute Gasteiger partial charge is 0.261 e. The molecule has 2 aromatic carbocycles. The number of aryl methyl sites for hydroxylation is 1. The van der Waals surface area contributed by atoms with Crippen LogP contribution in [-0.2, 0) is 10.0 Å². The van der Waals surface area contributed by atoms with E-state index in [1.54, 1.807) is 42.5 Å². The topological polar surface area (TPSA) is 88.2 Å². The zero-order chi connectivity index (χ0) is 19.4. The number of hydrogen-bond acceptors (Lipinski definition) is 4. The number of amides is 1. The van der Waals surface area contributed by atoms with Crippen molar-refractivity contribution in [2.75, 3.05) is 10.0 Å². The molecule has 3 rings (SSSR count). The third-order valence-electron chi connectivity index (χ3n) is 3.75. The zero-order valence-corrected chi connectivity index (χ0v) is 15.9. The molecule has 0 unspecified atom stereocenters. The minimum absolute atomic E-state index is 0.0627. The number of para-hydroxylation sites is 2. The molecule has 0 bridgehead atoms. The first-order valence-electron chi connectivity index (χ1n) is 7.97. The van der Waals surface area contributed by atoms with Crippen LogP contribution in [0.1, 0.15) is 15.9 Å². The van der Waals surface area contributed by atoms with Gasteiger partial charge in [0.15, 0.2) is 0 Å². The predicted octanol–water partition coefficient (Wildman–Crippen LogP) is 4.10. The number of sulfonamides is 1. The van der Waals surface area contributed by atoms with Gasteiger partial charge in [-0.15, -0.1) is 0 Å². The van der Waals surface area contributed by atoms with Crippen molar-refractivity contribution in [2.45, 2.75) is 11.8 Å². The van der Waals surface area contributed by atoms with Gasteiger partial charge in [0.1, 0.15) is 5.15 Å². The first kappa shape index (κ1) is 18.9. The summed E-state index contributed by atoms with van der Waals surface area (Å²) >= 11 is 5.94. The van der Waals surface area contributed by atoms with Crippen LogP contribution in [0, 0.1) is 6.92 Å². The van der Waals surface area contributed by atoms with Gasteiger partial charge in [-0.25, -0.2) is 13.4 Å². The van der Waals surface area contributed by atoms with E-state index in [0.29, 0.717) is 5.69 Å². The lowest BCUT2D eigenvalue weighted by Crippen LogP contribution is -2.17. The molecule has 1 aromatic heterocycles. The number of halogens is 1. The van der Waals surface area contributed by atoms with Crippen LogP contribution in [-0.4, -0.2) is 19.3 Å². The van der Waals surface area contributed by atoms with Gasteiger partial charge in [-0.05, 0) is 43.3 Å². The number of hydrogen-bond donors (Lipinski definition) is 2. The molecule has 0 aliphatic rings. The SMILES string of the molecule is Cc1ccc(S(=O)(=O)Nc2ccccc2NC(=O)c2cccnc2Cl)cc1. The molecule has 2 N–H and O–H groups in total. The van der Waals surface area contributed by atoms with E-state index in [-0.39, 0.29) is 21.3 Å². The lowest BCUT2D eigenvalue weighted by atomic mass is 10.2. The summed E-state index contributed by atoms with van der Waals surface area (Å²) < 4.78 is 27.7. The molecule has 1 heterocycles. The van der Waals surface area contributed by atoms with Gasteiger partial charge in [-0.3, -0.25) is 9.52 Å². The van der Waals surface area contributed by atoms with Gasteiger partial charge < -0.3 is 5.32 Å². The Morgan fingerprint density at radius 2 is 1.63 bits per heavy atom. The van der Waals surface area contributed by atoms with Crippen molar-refractivity contribution in [1.29, 1.82) is 0 Å². The predicted molar refractivity (Wildman–Crippen MR) is 106 cm³/mol. The summed E-state index contributed by atoms with van der Waals surface area (Å²) in [5, 5.41) is 2.72. The maximum atomic E-state index is 12.6. The largest absolute Gasteiger partial charge is 0.320 e. The van der Waals surface area contributed by atoms with Crippen LogP contribution < -0.4 is 10.0 Å². The summed E-state index contributed by atoms with van der Waals surface area (Å²) in [6.45, 7) is 1.87. The van der Waals surface area contributed by atoms with Gasteiger partial charge in [0, 0.05) is 6.20 Å². The average molecular weight is 402 g/mol. The molecule has 138 valence electrons. The van der Waals surface area contributed by atoms with Crippen LogP contribution in [0.15, 0.2) is 71.8 Å². The van der Waals surface area contributed by atoms with E-state index in [0.717, 1.165) is 5.56 Å². The second-order valence-electron chi connectivity index (χ2n) is 5.76. The Labute approximate surface area is 162 Å². The van der Waals surface area contributed by atoms with E-state index in [1.165, 1.54) is 24.4 Å². The molecule has 0 radical (unpaired) electrons. The minimum atomic E-state index is -3.80. The molecule has 0 fully saturated rings. The van der Waals surface area contributed by atoms with E-state index < -0.39 is 15.9 Å². The van der Waals surface area contributed by atoms with Crippen LogP contribution in [0.5, 0.6) is 0 Å². The standard InChI is InChI=1S/C19H16ClN3O3S/c1-13-8-10-14(11-9-13)27(25,26)23-17-7-3-2-6-16(17)22-19(24)15-5-4-12-21-18(15)20/h2-12,23H,1H3,(H,22,24). The molecule has 0 saturated heterocycles. The Morgan fingerprint density at radius 1 is 0.963 bits per heavy atom. The number of aromatic nitrogens is 1. The number of benzene rings is 2. The van der Waals surface area contributed by atoms with Crippen molar-refractivity contribution < 1.29 is 13.2 Å². The maximum absolute atomic E-state index is 12.6. The second kappa shape index (κ2) is 7.77. The van der Waals surface area contributed by atoms with Crippen LogP contribution in [0.4, 0.5) is 11.4 Å². The van der Waals surface area contributed by atoms with Crippen LogP contribution in [0.25, 0.3) is 0 Å². The highest BCUT2D eigenvalue weighted by molar-refractivity contribution is 7.92. The number of pyridine rings is 1. The van der Waals surface area contributed by atoms with E-state index in [1.807, 2.05) is 6.92 Å². The van der Waals surface area contributed by atoms with Crippen LogP contribution in [0.3, 0.4) is 0 Å². The Kier molecular flexibility index (Phi) is 5.43. The fourth-order valence-electron chi connectivity index (χ4n) is 2.35. The van der Waals surface area contributed by atoms with Crippen molar-refractivity contribution in [1.82, 2.24) is 4.98 Å². The highest BCUT2D eigenvalue weighted by Gasteiger charge is 2.18. The quantitative estimate of drug-likeness (QED) is 0.630. The molecule has 0 spiro atoms. The zero-order valence-electron chi connectivity index (χ0n) is 14.3. The third kappa shape index (κ3) is 4.45. The molecule has 0 atom stereocenters. The summed E-state index contributed by atoms with van der Waals surface area (Å²) in [6.07, 6.45) is 1.47. The normalized spacial score (nSPS) is 11.0. The molecular weight excluding hydrogens is 386 g/mol. The number of anilines is 2. The van der Waals surface area contributed by atoms with Crippen molar-refractivity contribution in [3.8, 4) is 0 Å². The van der Waals surface area contributed by atoms with Crippen molar-refractivity contribution in [2.24, 2.45) is 0 Å². The monoisotopic (exact) mass is 401 g/mol. The maximum Gasteiger partial charge on any atom is 0.261 e. The van der Waals surface area contributed by atoms with Gasteiger partial charge in [0.2, 0.25) is 0 Å². The van der Waals surface area contributed by atoms with E-state index in [9.17, 15) is 13.2 Å². The summed E-state index contributed by atoms with van der Waals surface area (Å²) in [6, 6.07) is 16.1. The Bertz CT molecular complexity index is 1080. The lowest BCUT2D eigenvalue weighted by Gasteiger charge is -2.14. The highest BCUT2D eigenvalue weighted by atomic mass is 35.5. The number of carbonyl (C=O) groups excluding carboxylic acids is 1. The van der Waals surface area contributed by atoms with Crippen LogP contribution in [0.2, 0.25) is 5.15 Å². The lowest BCUT2D eigenvalue weighted by molar-refractivity contribution is 0.102. The number of nitrogens with one attached hydrogen (secondary N) is 2. The first-order chi connectivity index (χ1) is 12.9. The third-order valence-corrected chi connectivity index (χ3v) is 5.44. The van der Waals surface area contributed by atoms with Gasteiger partial charge >= 0.3 is 0 Å². The Balaban J connectivity index is 1.87. The van der Waals surface area contributed by atoms with Gasteiger partial charge in [0.05, 0.1) is 21.8 Å². The summed E-state index contributed by atoms with van der Waals surface area (Å²) in [7, 11) is -3.80. The van der Waals surface area contributed by atoms with Gasteiger partial charge in [-0.2, -0.15) is 0 Å². The molecular formula is C19H16ClN3O3S. The van der Waals surface area contributed by atoms with Crippen molar-refractivity contribution in [3.05, 3.63) is 83.1 Å². The Hall–Kier alpha value is -2.90. The molecule has 1 amide bonds. The number of carbonyl (C=O) groups is 1. The van der Waals surface area contributed by atoms with E-state index >= 15 is 0 Å². The van der Waals surface area contributed by atoms with Gasteiger partial charge in [0.25, 0.3) is 15.9 Å². The number of rotatable bonds is 5. The van der Waals surface area contributed by atoms with E-state index in [4.69, 9.17) is 11.6 Å². The Morgan fingerprint density at radius 3 is 2.30 bits per heavy atom. The summed E-state index contributed by atoms with van der Waals surface area (Å²) in [4.78, 5) is 16.4. The second-order valence-corrected chi connectivity index (χ2v) is 7.80. The minimum Gasteiger partial charge on any atom is -0.320 e. The van der Waals surface area contributed by atoms with Crippen molar-refractivity contribution >= 4 is 38.9 Å². The summed E-state index contributed by atoms with van der Waals surface area (Å²) in [5.74, 6) is -0.491. The molecule has 0 saturated carbocycles. The number of nitrogens with zero attached hydrogens (tertiary/aromatic N) is 1. The van der Waals surface area contributed by atoms with Crippen molar-refractivity contribution in [3.63, 3.8) is 0 Å².